The van der Waals surface area contributed by atoms with Crippen molar-refractivity contribution in [2.24, 2.45) is 0 Å². The van der Waals surface area contributed by atoms with Gasteiger partial charge < -0.3 is 10.1 Å². The molecule has 1 aliphatic rings. The summed E-state index contributed by atoms with van der Waals surface area (Å²) in [6.07, 6.45) is 3.50. The summed E-state index contributed by atoms with van der Waals surface area (Å²) >= 11 is 0. The average Bonchev–Trinajstić information content (AvgIpc) is 2.37. The summed E-state index contributed by atoms with van der Waals surface area (Å²) in [6.45, 7) is 12.2. The fraction of sp³-hybridized carbons (Fsp3) is 0.667. The van der Waals surface area contributed by atoms with Gasteiger partial charge >= 0.3 is 0 Å². The molecule has 1 aromatic rings. The normalized spacial score (nSPS) is 20.6. The van der Waals surface area contributed by atoms with Gasteiger partial charge in [-0.15, -0.1) is 0 Å². The number of hydrogen-bond donors (Lipinski definition) is 1. The van der Waals surface area contributed by atoms with Crippen molar-refractivity contribution < 1.29 is 4.74 Å². The first-order valence-electron chi connectivity index (χ1n) is 7.99. The molecular weight excluding hydrogens is 246 g/mol. The lowest BCUT2D eigenvalue weighted by molar-refractivity contribution is 0.0660. The molecule has 0 saturated heterocycles. The maximum absolute atomic E-state index is 6.15. The van der Waals surface area contributed by atoms with Crippen molar-refractivity contribution in [2.45, 2.75) is 71.4 Å². The second-order valence-corrected chi connectivity index (χ2v) is 6.88. The molecule has 2 rings (SSSR count). The van der Waals surface area contributed by atoms with E-state index in [-0.39, 0.29) is 5.60 Å². The molecule has 2 nitrogen and oxygen atoms in total. The van der Waals surface area contributed by atoms with Gasteiger partial charge in [-0.25, -0.2) is 0 Å². The quantitative estimate of drug-likeness (QED) is 0.779. The van der Waals surface area contributed by atoms with E-state index < -0.39 is 0 Å². The van der Waals surface area contributed by atoms with Crippen LogP contribution in [0.4, 0.5) is 0 Å². The van der Waals surface area contributed by atoms with E-state index in [4.69, 9.17) is 4.74 Å². The van der Waals surface area contributed by atoms with Crippen LogP contribution in [0.2, 0.25) is 0 Å². The van der Waals surface area contributed by atoms with Crippen LogP contribution in [0.15, 0.2) is 18.2 Å². The Labute approximate surface area is 123 Å². The average molecular weight is 275 g/mol. The molecule has 1 N–H and O–H groups in total. The number of fused-ring (bicyclic) bond motifs is 1. The Balaban J connectivity index is 2.26. The third kappa shape index (κ3) is 3.54. The number of nitrogens with one attached hydrogen (secondary N) is 1. The molecular formula is C18H29NO. The maximum atomic E-state index is 6.15. The van der Waals surface area contributed by atoms with E-state index >= 15 is 0 Å². The predicted octanol–water partition coefficient (Wildman–Crippen LogP) is 4.80. The first-order chi connectivity index (χ1) is 9.43. The summed E-state index contributed by atoms with van der Waals surface area (Å²) in [5.74, 6) is 1.62. The van der Waals surface area contributed by atoms with Crippen molar-refractivity contribution in [3.63, 3.8) is 0 Å². The van der Waals surface area contributed by atoms with Crippen LogP contribution >= 0.6 is 0 Å². The first kappa shape index (κ1) is 15.4. The summed E-state index contributed by atoms with van der Waals surface area (Å²) in [7, 11) is 0. The standard InChI is InChI=1S/C18H29NO/c1-6-7-10-19-16-12-18(4,5)20-17-9-8-14(13(2)3)11-15(16)17/h8-9,11,13,16,19H,6-7,10,12H2,1-5H3. The van der Waals surface area contributed by atoms with Crippen LogP contribution in [0.5, 0.6) is 5.75 Å². The smallest absolute Gasteiger partial charge is 0.124 e. The molecule has 0 fully saturated rings. The monoisotopic (exact) mass is 275 g/mol. The molecule has 1 aliphatic heterocycles. The molecule has 0 saturated carbocycles. The molecule has 1 heterocycles. The minimum Gasteiger partial charge on any atom is -0.487 e. The van der Waals surface area contributed by atoms with Gasteiger partial charge in [-0.2, -0.15) is 0 Å². The molecule has 0 amide bonds. The Hall–Kier alpha value is -1.02. The van der Waals surface area contributed by atoms with Gasteiger partial charge in [0.2, 0.25) is 0 Å². The van der Waals surface area contributed by atoms with Crippen molar-refractivity contribution in [3.05, 3.63) is 29.3 Å². The van der Waals surface area contributed by atoms with Gasteiger partial charge in [-0.3, -0.25) is 0 Å². The lowest BCUT2D eigenvalue weighted by Gasteiger charge is -2.38. The van der Waals surface area contributed by atoms with Crippen LogP contribution in [0.1, 0.15) is 77.0 Å². The van der Waals surface area contributed by atoms with Crippen LogP contribution < -0.4 is 10.1 Å². The summed E-state index contributed by atoms with van der Waals surface area (Å²) < 4.78 is 6.15. The fourth-order valence-electron chi connectivity index (χ4n) is 2.87. The Bertz CT molecular complexity index is 451. The lowest BCUT2D eigenvalue weighted by Crippen LogP contribution is -2.39. The van der Waals surface area contributed by atoms with Gasteiger partial charge in [0.05, 0.1) is 0 Å². The zero-order chi connectivity index (χ0) is 14.8. The second-order valence-electron chi connectivity index (χ2n) is 6.88. The van der Waals surface area contributed by atoms with Crippen molar-refractivity contribution in [2.75, 3.05) is 6.54 Å². The minimum absolute atomic E-state index is 0.0871. The van der Waals surface area contributed by atoms with E-state index in [9.17, 15) is 0 Å². The maximum Gasteiger partial charge on any atom is 0.124 e. The highest BCUT2D eigenvalue weighted by Gasteiger charge is 2.33. The van der Waals surface area contributed by atoms with E-state index in [1.807, 2.05) is 0 Å². The third-order valence-corrected chi connectivity index (χ3v) is 4.08. The zero-order valence-electron chi connectivity index (χ0n) is 13.6. The summed E-state index contributed by atoms with van der Waals surface area (Å²) in [5.41, 5.74) is 2.65. The molecule has 0 spiro atoms. The highest BCUT2D eigenvalue weighted by molar-refractivity contribution is 5.42. The molecule has 0 aliphatic carbocycles. The van der Waals surface area contributed by atoms with Gasteiger partial charge in [0.25, 0.3) is 0 Å². The third-order valence-electron chi connectivity index (χ3n) is 4.08. The number of unbranched alkanes of at least 4 members (excludes halogenated alkanes) is 1. The Morgan fingerprint density at radius 1 is 1.35 bits per heavy atom. The van der Waals surface area contributed by atoms with Crippen LogP contribution in [0, 0.1) is 0 Å². The zero-order valence-corrected chi connectivity index (χ0v) is 13.6. The molecule has 1 unspecified atom stereocenters. The second kappa shape index (κ2) is 6.17. The van der Waals surface area contributed by atoms with Gasteiger partial charge in [0.15, 0.2) is 0 Å². The molecule has 2 heteroatoms. The van der Waals surface area contributed by atoms with E-state index in [1.54, 1.807) is 0 Å². The topological polar surface area (TPSA) is 21.3 Å². The van der Waals surface area contributed by atoms with Crippen molar-refractivity contribution >= 4 is 0 Å². The first-order valence-corrected chi connectivity index (χ1v) is 7.99. The highest BCUT2D eigenvalue weighted by atomic mass is 16.5. The lowest BCUT2D eigenvalue weighted by atomic mass is 9.87. The van der Waals surface area contributed by atoms with Gasteiger partial charge in [0.1, 0.15) is 11.4 Å². The Morgan fingerprint density at radius 2 is 2.10 bits per heavy atom. The minimum atomic E-state index is -0.0871. The largest absolute Gasteiger partial charge is 0.487 e. The molecule has 20 heavy (non-hydrogen) atoms. The molecule has 1 atom stereocenters. The van der Waals surface area contributed by atoms with Gasteiger partial charge in [-0.05, 0) is 44.4 Å². The summed E-state index contributed by atoms with van der Waals surface area (Å²) in [5, 5.41) is 3.72. The molecule has 0 bridgehead atoms. The van der Waals surface area contributed by atoms with Crippen molar-refractivity contribution in [1.29, 1.82) is 0 Å². The van der Waals surface area contributed by atoms with Crippen LogP contribution in [0.25, 0.3) is 0 Å². The number of hydrogen-bond acceptors (Lipinski definition) is 2. The Kier molecular flexibility index (Phi) is 4.74. The van der Waals surface area contributed by atoms with E-state index in [0.29, 0.717) is 12.0 Å². The summed E-state index contributed by atoms with van der Waals surface area (Å²) in [4.78, 5) is 0. The SMILES string of the molecule is CCCCNC1CC(C)(C)Oc2ccc(C(C)C)cc21. The van der Waals surface area contributed by atoms with Gasteiger partial charge in [-0.1, -0.05) is 39.3 Å². The van der Waals surface area contributed by atoms with Crippen LogP contribution in [-0.2, 0) is 0 Å². The van der Waals surface area contributed by atoms with Crippen LogP contribution in [-0.4, -0.2) is 12.1 Å². The fourth-order valence-corrected chi connectivity index (χ4v) is 2.87. The van der Waals surface area contributed by atoms with Crippen LogP contribution in [0.3, 0.4) is 0 Å². The molecule has 0 aromatic heterocycles. The molecule has 1 aromatic carbocycles. The van der Waals surface area contributed by atoms with E-state index in [0.717, 1.165) is 18.7 Å². The number of rotatable bonds is 5. The Morgan fingerprint density at radius 3 is 2.75 bits per heavy atom. The van der Waals surface area contributed by atoms with E-state index in [1.165, 1.54) is 24.0 Å². The highest BCUT2D eigenvalue weighted by Crippen LogP contribution is 2.40. The summed E-state index contributed by atoms with van der Waals surface area (Å²) in [6, 6.07) is 7.10. The van der Waals surface area contributed by atoms with Gasteiger partial charge in [0, 0.05) is 18.0 Å². The van der Waals surface area contributed by atoms with Crippen molar-refractivity contribution in [1.82, 2.24) is 5.32 Å². The number of benzene rings is 1. The molecule has 0 radical (unpaired) electrons. The van der Waals surface area contributed by atoms with Crippen molar-refractivity contribution in [3.8, 4) is 5.75 Å². The number of ether oxygens (including phenoxy) is 1. The predicted molar refractivity (Wildman–Crippen MR) is 85.5 cm³/mol. The molecule has 112 valence electrons. The van der Waals surface area contributed by atoms with E-state index in [2.05, 4.69) is 58.1 Å².